The van der Waals surface area contributed by atoms with E-state index in [0.717, 1.165) is 0 Å². The van der Waals surface area contributed by atoms with Crippen LogP contribution in [-0.4, -0.2) is 69.8 Å². The Morgan fingerprint density at radius 1 is 1.37 bits per heavy atom. The summed E-state index contributed by atoms with van der Waals surface area (Å²) >= 11 is 0. The van der Waals surface area contributed by atoms with Gasteiger partial charge in [0.15, 0.2) is 0 Å². The summed E-state index contributed by atoms with van der Waals surface area (Å²) in [4.78, 5) is 11.8. The van der Waals surface area contributed by atoms with E-state index in [0.29, 0.717) is 45.7 Å². The van der Waals surface area contributed by atoms with Gasteiger partial charge < -0.3 is 15.4 Å². The lowest BCUT2D eigenvalue weighted by atomic mass is 10.2. The van der Waals surface area contributed by atoms with Crippen LogP contribution in [0.3, 0.4) is 0 Å². The van der Waals surface area contributed by atoms with Crippen molar-refractivity contribution < 1.29 is 17.9 Å². The van der Waals surface area contributed by atoms with Crippen LogP contribution in [-0.2, 0) is 19.6 Å². The van der Waals surface area contributed by atoms with Crippen molar-refractivity contribution in [1.82, 2.24) is 14.9 Å². The second kappa shape index (κ2) is 6.17. The van der Waals surface area contributed by atoms with Crippen LogP contribution >= 0.6 is 0 Å². The van der Waals surface area contributed by atoms with Gasteiger partial charge in [0, 0.05) is 39.9 Å². The molecule has 2 heterocycles. The van der Waals surface area contributed by atoms with Crippen LogP contribution in [0.4, 0.5) is 0 Å². The fourth-order valence-corrected chi connectivity index (χ4v) is 4.59. The molecule has 0 bridgehead atoms. The highest BCUT2D eigenvalue weighted by Crippen LogP contribution is 2.22. The van der Waals surface area contributed by atoms with Gasteiger partial charge in [0.05, 0.1) is 5.25 Å². The molecule has 7 nitrogen and oxygen atoms in total. The Hall–Kier alpha value is -0.700. The van der Waals surface area contributed by atoms with Crippen LogP contribution < -0.4 is 10.6 Å². The predicted molar refractivity (Wildman–Crippen MR) is 70.2 cm³/mol. The molecule has 0 aromatic heterocycles. The van der Waals surface area contributed by atoms with Crippen LogP contribution in [0, 0.1) is 0 Å². The predicted octanol–water partition coefficient (Wildman–Crippen LogP) is -1.48. The summed E-state index contributed by atoms with van der Waals surface area (Å²) < 4.78 is 31.8. The van der Waals surface area contributed by atoms with Gasteiger partial charge in [-0.3, -0.25) is 4.79 Å². The summed E-state index contributed by atoms with van der Waals surface area (Å²) in [5.74, 6) is -0.261. The van der Waals surface area contributed by atoms with E-state index in [-0.39, 0.29) is 5.91 Å². The fraction of sp³-hybridized carbons (Fsp3) is 0.909. The van der Waals surface area contributed by atoms with Gasteiger partial charge in [-0.2, -0.15) is 4.31 Å². The number of carbonyl (C=O) groups excluding carboxylic acids is 1. The van der Waals surface area contributed by atoms with E-state index in [4.69, 9.17) is 4.74 Å². The van der Waals surface area contributed by atoms with Crippen LogP contribution in [0.25, 0.3) is 0 Å². The quantitative estimate of drug-likeness (QED) is 0.662. The topological polar surface area (TPSA) is 87.7 Å². The Labute approximate surface area is 113 Å². The number of nitrogens with one attached hydrogen (secondary N) is 2. The third-order valence-corrected chi connectivity index (χ3v) is 6.06. The number of carbonyl (C=O) groups is 1. The summed E-state index contributed by atoms with van der Waals surface area (Å²) in [6.07, 6.45) is 1.01. The lowest BCUT2D eigenvalue weighted by Gasteiger charge is -2.37. The molecule has 0 saturated carbocycles. The van der Waals surface area contributed by atoms with Crippen molar-refractivity contribution in [2.24, 2.45) is 0 Å². The molecule has 0 aromatic carbocycles. The molecule has 2 aliphatic heterocycles. The summed E-state index contributed by atoms with van der Waals surface area (Å²) in [6.45, 7) is 2.23. The molecule has 1 atom stereocenters. The Kier molecular flexibility index (Phi) is 4.77. The number of nitrogens with zero attached hydrogens (tertiary/aromatic N) is 1. The number of rotatable bonds is 3. The summed E-state index contributed by atoms with van der Waals surface area (Å²) in [5.41, 5.74) is 0. The number of piperazine rings is 1. The van der Waals surface area contributed by atoms with E-state index in [9.17, 15) is 13.2 Å². The molecule has 2 saturated heterocycles. The van der Waals surface area contributed by atoms with E-state index in [1.807, 2.05) is 0 Å². The van der Waals surface area contributed by atoms with Crippen LogP contribution in [0.5, 0.6) is 0 Å². The fourth-order valence-electron chi connectivity index (χ4n) is 2.55. The number of hydrogen-bond donors (Lipinski definition) is 2. The third kappa shape index (κ3) is 3.07. The number of hydrogen-bond acceptors (Lipinski definition) is 5. The molecule has 0 aromatic rings. The van der Waals surface area contributed by atoms with E-state index in [1.165, 1.54) is 11.4 Å². The number of amides is 1. The zero-order valence-corrected chi connectivity index (χ0v) is 11.9. The summed E-state index contributed by atoms with van der Waals surface area (Å²) in [5, 5.41) is 5.17. The maximum absolute atomic E-state index is 12.6. The van der Waals surface area contributed by atoms with Crippen molar-refractivity contribution in [3.63, 3.8) is 0 Å². The number of ether oxygens (including phenoxy) is 1. The molecule has 2 aliphatic rings. The highest BCUT2D eigenvalue weighted by atomic mass is 32.2. The molecule has 110 valence electrons. The Morgan fingerprint density at radius 2 is 2.05 bits per heavy atom. The molecule has 2 N–H and O–H groups in total. The average Bonchev–Trinajstić information content (AvgIpc) is 2.47. The van der Waals surface area contributed by atoms with Gasteiger partial charge in [0.2, 0.25) is 15.9 Å². The molecular weight excluding hydrogens is 270 g/mol. The van der Waals surface area contributed by atoms with Gasteiger partial charge >= 0.3 is 0 Å². The van der Waals surface area contributed by atoms with Crippen LogP contribution in [0.2, 0.25) is 0 Å². The monoisotopic (exact) mass is 291 g/mol. The highest BCUT2D eigenvalue weighted by Gasteiger charge is 2.41. The second-order valence-electron chi connectivity index (χ2n) is 4.80. The molecule has 8 heteroatoms. The maximum Gasteiger partial charge on any atom is 0.239 e. The lowest BCUT2D eigenvalue weighted by molar-refractivity contribution is -0.124. The van der Waals surface area contributed by atoms with Crippen LogP contribution in [0.1, 0.15) is 12.8 Å². The van der Waals surface area contributed by atoms with Crippen molar-refractivity contribution >= 4 is 15.9 Å². The normalized spacial score (nSPS) is 27.1. The third-order valence-electron chi connectivity index (χ3n) is 3.66. The Morgan fingerprint density at radius 3 is 2.68 bits per heavy atom. The highest BCUT2D eigenvalue weighted by molar-refractivity contribution is 7.89. The molecule has 2 rings (SSSR count). The van der Waals surface area contributed by atoms with Crippen molar-refractivity contribution in [2.75, 3.05) is 39.9 Å². The van der Waals surface area contributed by atoms with E-state index in [2.05, 4.69) is 10.6 Å². The molecule has 1 unspecified atom stereocenters. The minimum Gasteiger partial charge on any atom is -0.381 e. The van der Waals surface area contributed by atoms with Gasteiger partial charge in [0.25, 0.3) is 0 Å². The zero-order valence-electron chi connectivity index (χ0n) is 11.1. The lowest BCUT2D eigenvalue weighted by Crippen LogP contribution is -2.60. The van der Waals surface area contributed by atoms with Crippen molar-refractivity contribution in [2.45, 2.75) is 24.1 Å². The molecule has 0 aliphatic carbocycles. The second-order valence-corrected chi connectivity index (χ2v) is 6.97. The standard InChI is InChI=1S/C11H21N3O4S/c1-12-11(15)10-8-13-4-5-14(10)19(16,17)9-2-6-18-7-3-9/h9-10,13H,2-8H2,1H3,(H,12,15). The number of likely N-dealkylation sites (N-methyl/N-ethyl adjacent to an activating group) is 1. The van der Waals surface area contributed by atoms with E-state index in [1.54, 1.807) is 0 Å². The maximum atomic E-state index is 12.6. The summed E-state index contributed by atoms with van der Waals surface area (Å²) in [6, 6.07) is -0.647. The van der Waals surface area contributed by atoms with Crippen LogP contribution in [0.15, 0.2) is 0 Å². The average molecular weight is 291 g/mol. The number of sulfonamides is 1. The largest absolute Gasteiger partial charge is 0.381 e. The Bertz CT molecular complexity index is 420. The van der Waals surface area contributed by atoms with Gasteiger partial charge in [-0.15, -0.1) is 0 Å². The first-order valence-electron chi connectivity index (χ1n) is 6.58. The molecule has 0 radical (unpaired) electrons. The van der Waals surface area contributed by atoms with E-state index < -0.39 is 21.3 Å². The van der Waals surface area contributed by atoms with Gasteiger partial charge in [-0.05, 0) is 12.8 Å². The van der Waals surface area contributed by atoms with E-state index >= 15 is 0 Å². The summed E-state index contributed by atoms with van der Waals surface area (Å²) in [7, 11) is -1.91. The molecular formula is C11H21N3O4S. The smallest absolute Gasteiger partial charge is 0.239 e. The first-order chi connectivity index (χ1) is 9.07. The van der Waals surface area contributed by atoms with Gasteiger partial charge in [0.1, 0.15) is 6.04 Å². The first-order valence-corrected chi connectivity index (χ1v) is 8.08. The minimum absolute atomic E-state index is 0.261. The molecule has 2 fully saturated rings. The van der Waals surface area contributed by atoms with Gasteiger partial charge in [-0.1, -0.05) is 0 Å². The minimum atomic E-state index is -3.44. The van der Waals surface area contributed by atoms with Crippen molar-refractivity contribution in [3.05, 3.63) is 0 Å². The molecule has 19 heavy (non-hydrogen) atoms. The zero-order chi connectivity index (χ0) is 13.9. The first kappa shape index (κ1) is 14.7. The SMILES string of the molecule is CNC(=O)C1CNCCN1S(=O)(=O)C1CCOCC1. The van der Waals surface area contributed by atoms with Crippen molar-refractivity contribution in [3.8, 4) is 0 Å². The molecule has 1 amide bonds. The van der Waals surface area contributed by atoms with Crippen molar-refractivity contribution in [1.29, 1.82) is 0 Å². The van der Waals surface area contributed by atoms with Gasteiger partial charge in [-0.25, -0.2) is 8.42 Å². The molecule has 0 spiro atoms. The Balaban J connectivity index is 2.18.